The van der Waals surface area contributed by atoms with Gasteiger partial charge in [0.05, 0.1) is 17.4 Å². The summed E-state index contributed by atoms with van der Waals surface area (Å²) in [6.07, 6.45) is 6.87. The minimum absolute atomic E-state index is 0.0947. The van der Waals surface area contributed by atoms with Crippen molar-refractivity contribution in [2.75, 3.05) is 6.61 Å². The molecule has 2 unspecified atom stereocenters. The molecule has 5 aromatic rings. The minimum Gasteiger partial charge on any atom is -0.486 e. The highest BCUT2D eigenvalue weighted by atomic mass is 35.5. The Bertz CT molecular complexity index is 2000. The summed E-state index contributed by atoms with van der Waals surface area (Å²) in [5.41, 5.74) is 1.89. The van der Waals surface area contributed by atoms with Crippen LogP contribution in [0.4, 0.5) is 0 Å². The Hall–Kier alpha value is -4.26. The fraction of sp³-hybridized carbons (Fsp3) is 0.152. The van der Waals surface area contributed by atoms with Crippen LogP contribution in [0.15, 0.2) is 103 Å². The Morgan fingerprint density at radius 3 is 2.24 bits per heavy atom. The molecule has 3 aromatic carbocycles. The number of allylic oxidation sites excluding steroid dienone is 2. The van der Waals surface area contributed by atoms with Gasteiger partial charge in [-0.1, -0.05) is 71.8 Å². The summed E-state index contributed by atoms with van der Waals surface area (Å²) in [5, 5.41) is 1.55. The number of benzene rings is 3. The average Bonchev–Trinajstić information content (AvgIpc) is 2.99. The van der Waals surface area contributed by atoms with Crippen molar-refractivity contribution >= 4 is 50.7 Å². The van der Waals surface area contributed by atoms with Crippen LogP contribution in [-0.2, 0) is 0 Å². The highest BCUT2D eigenvalue weighted by Gasteiger charge is 2.37. The number of rotatable bonds is 5. The predicted molar refractivity (Wildman–Crippen MR) is 160 cm³/mol. The van der Waals surface area contributed by atoms with Gasteiger partial charge in [0.2, 0.25) is 22.4 Å². The molecular formula is C33H22Cl2O6. The Morgan fingerprint density at radius 1 is 0.829 bits per heavy atom. The summed E-state index contributed by atoms with van der Waals surface area (Å²) >= 11 is 12.3. The molecule has 0 saturated carbocycles. The van der Waals surface area contributed by atoms with Crippen LogP contribution in [0.2, 0.25) is 10.0 Å². The number of hydrogen-bond donors (Lipinski definition) is 0. The van der Waals surface area contributed by atoms with Crippen LogP contribution in [0.5, 0.6) is 11.5 Å². The second-order valence-electron chi connectivity index (χ2n) is 9.97. The topological polar surface area (TPSA) is 78.9 Å². The molecule has 7 rings (SSSR count). The van der Waals surface area contributed by atoms with Crippen molar-refractivity contribution in [3.8, 4) is 22.8 Å². The quantitative estimate of drug-likeness (QED) is 0.194. The smallest absolute Gasteiger partial charge is 0.235 e. The Kier molecular flexibility index (Phi) is 6.45. The highest BCUT2D eigenvalue weighted by molar-refractivity contribution is 6.31. The van der Waals surface area contributed by atoms with Crippen molar-refractivity contribution in [2.24, 2.45) is 5.92 Å². The molecule has 6 nitrogen and oxygen atoms in total. The summed E-state index contributed by atoms with van der Waals surface area (Å²) in [7, 11) is 0. The van der Waals surface area contributed by atoms with E-state index in [1.807, 2.05) is 30.3 Å². The van der Waals surface area contributed by atoms with Crippen molar-refractivity contribution in [2.45, 2.75) is 18.9 Å². The zero-order chi connectivity index (χ0) is 28.1. The third kappa shape index (κ3) is 4.53. The maximum atomic E-state index is 13.6. The van der Waals surface area contributed by atoms with Gasteiger partial charge in [-0.3, -0.25) is 9.59 Å². The van der Waals surface area contributed by atoms with Gasteiger partial charge in [0, 0.05) is 33.5 Å². The first-order valence-corrected chi connectivity index (χ1v) is 14.0. The molecule has 1 aliphatic heterocycles. The molecule has 3 heterocycles. The maximum Gasteiger partial charge on any atom is 0.235 e. The number of hydrogen-bond acceptors (Lipinski definition) is 6. The molecule has 0 radical (unpaired) electrons. The van der Waals surface area contributed by atoms with E-state index in [2.05, 4.69) is 18.2 Å². The van der Waals surface area contributed by atoms with E-state index in [0.29, 0.717) is 55.5 Å². The second kappa shape index (κ2) is 10.3. The molecule has 0 spiro atoms. The molecule has 2 atom stereocenters. The molecule has 8 heteroatoms. The molecule has 0 N–H and O–H groups in total. The fourth-order valence-electron chi connectivity index (χ4n) is 5.48. The van der Waals surface area contributed by atoms with Crippen LogP contribution in [0.1, 0.15) is 18.6 Å². The largest absolute Gasteiger partial charge is 0.486 e. The number of halogens is 2. The summed E-state index contributed by atoms with van der Waals surface area (Å²) in [6.45, 7) is 0.138. The molecule has 0 bridgehead atoms. The zero-order valence-corrected chi connectivity index (χ0v) is 23.1. The first-order valence-electron chi connectivity index (χ1n) is 13.2. The van der Waals surface area contributed by atoms with Gasteiger partial charge in [-0.25, -0.2) is 0 Å². The molecular weight excluding hydrogens is 563 g/mol. The van der Waals surface area contributed by atoms with Gasteiger partial charge in [0.1, 0.15) is 17.3 Å². The normalized spacial score (nSPS) is 17.6. The lowest BCUT2D eigenvalue weighted by molar-refractivity contribution is 0.127. The van der Waals surface area contributed by atoms with E-state index in [0.717, 1.165) is 12.0 Å². The lowest BCUT2D eigenvalue weighted by Crippen LogP contribution is -2.35. The monoisotopic (exact) mass is 584 g/mol. The lowest BCUT2D eigenvalue weighted by Gasteiger charge is -2.34. The van der Waals surface area contributed by atoms with Gasteiger partial charge in [0.15, 0.2) is 11.5 Å². The first-order chi connectivity index (χ1) is 20.0. The van der Waals surface area contributed by atoms with Crippen LogP contribution in [0, 0.1) is 5.92 Å². The summed E-state index contributed by atoms with van der Waals surface area (Å²) in [4.78, 5) is 27.0. The van der Waals surface area contributed by atoms with Crippen molar-refractivity contribution in [3.63, 3.8) is 0 Å². The SMILES string of the molecule is O=c1c2c(oc3ccc(Cl)cc13)C1=CCC=CC1C(CCOc1c(-c3ccccc3)oc3ccc(Cl)cc3c1=O)O2. The Morgan fingerprint density at radius 2 is 1.51 bits per heavy atom. The van der Waals surface area contributed by atoms with Gasteiger partial charge in [-0.2, -0.15) is 0 Å². The third-order valence-electron chi connectivity index (χ3n) is 7.41. The average molecular weight is 585 g/mol. The minimum atomic E-state index is -0.424. The number of ether oxygens (including phenoxy) is 2. The van der Waals surface area contributed by atoms with Crippen LogP contribution in [-0.4, -0.2) is 12.7 Å². The summed E-state index contributed by atoms with van der Waals surface area (Å²) in [6, 6.07) is 19.2. The van der Waals surface area contributed by atoms with E-state index in [1.165, 1.54) is 0 Å². The van der Waals surface area contributed by atoms with Gasteiger partial charge >= 0.3 is 0 Å². The maximum absolute atomic E-state index is 13.6. The first kappa shape index (κ1) is 25.7. The standard InChI is InChI=1S/C33H22Cl2O6/c34-19-10-12-25-23(16-19)28(36)32(30(39-25)18-6-2-1-3-7-18)38-15-14-27-21-8-4-5-9-22(21)31-33(41-27)29(37)24-17-20(35)11-13-26(24)40-31/h1-4,6-13,16-17,21,27H,5,14-15H2. The van der Waals surface area contributed by atoms with Crippen LogP contribution in [0.3, 0.4) is 0 Å². The molecule has 0 saturated heterocycles. The molecule has 2 aliphatic rings. The molecule has 0 amide bonds. The van der Waals surface area contributed by atoms with Crippen molar-refractivity contribution in [1.29, 1.82) is 0 Å². The van der Waals surface area contributed by atoms with Gasteiger partial charge in [-0.15, -0.1) is 0 Å². The highest BCUT2D eigenvalue weighted by Crippen LogP contribution is 2.43. The lowest BCUT2D eigenvalue weighted by atomic mass is 9.83. The molecule has 0 fully saturated rings. The van der Waals surface area contributed by atoms with E-state index in [4.69, 9.17) is 41.5 Å². The molecule has 2 aromatic heterocycles. The van der Waals surface area contributed by atoms with Gasteiger partial charge in [-0.05, 0) is 42.8 Å². The molecule has 1 aliphatic carbocycles. The van der Waals surface area contributed by atoms with E-state index < -0.39 is 6.10 Å². The third-order valence-corrected chi connectivity index (χ3v) is 7.88. The zero-order valence-electron chi connectivity index (χ0n) is 21.6. The van der Waals surface area contributed by atoms with Crippen molar-refractivity contribution in [3.05, 3.63) is 121 Å². The van der Waals surface area contributed by atoms with Crippen LogP contribution < -0.4 is 20.3 Å². The van der Waals surface area contributed by atoms with Gasteiger partial charge < -0.3 is 18.3 Å². The van der Waals surface area contributed by atoms with Crippen LogP contribution >= 0.6 is 23.2 Å². The molecule has 204 valence electrons. The molecule has 41 heavy (non-hydrogen) atoms. The van der Waals surface area contributed by atoms with Crippen molar-refractivity contribution < 1.29 is 18.3 Å². The second-order valence-corrected chi connectivity index (χ2v) is 10.8. The predicted octanol–water partition coefficient (Wildman–Crippen LogP) is 8.06. The van der Waals surface area contributed by atoms with E-state index in [1.54, 1.807) is 36.4 Å². The van der Waals surface area contributed by atoms with E-state index in [-0.39, 0.29) is 34.9 Å². The van der Waals surface area contributed by atoms with Gasteiger partial charge in [0.25, 0.3) is 0 Å². The Balaban J connectivity index is 1.23. The number of fused-ring (bicyclic) bond motifs is 5. The van der Waals surface area contributed by atoms with E-state index in [9.17, 15) is 9.59 Å². The fourth-order valence-corrected chi connectivity index (χ4v) is 5.82. The summed E-state index contributed by atoms with van der Waals surface area (Å²) < 4.78 is 24.8. The summed E-state index contributed by atoms with van der Waals surface area (Å²) in [5.74, 6) is 0.884. The van der Waals surface area contributed by atoms with E-state index >= 15 is 0 Å². The van der Waals surface area contributed by atoms with Crippen molar-refractivity contribution in [1.82, 2.24) is 0 Å². The Labute approximate surface area is 244 Å². The van der Waals surface area contributed by atoms with Crippen LogP contribution in [0.25, 0.3) is 38.8 Å².